The largest absolute Gasteiger partial charge is 0.382 e. The highest BCUT2D eigenvalue weighted by Crippen LogP contribution is 2.28. The summed E-state index contributed by atoms with van der Waals surface area (Å²) in [6.45, 7) is 2.10. The van der Waals surface area contributed by atoms with E-state index in [0.717, 1.165) is 18.5 Å². The Kier molecular flexibility index (Phi) is 5.27. The fourth-order valence-electron chi connectivity index (χ4n) is 2.07. The molecule has 0 radical (unpaired) electrons. The molecule has 0 aliphatic rings. The molecule has 2 rings (SSSR count). The van der Waals surface area contributed by atoms with Crippen LogP contribution in [-0.4, -0.2) is 6.04 Å². The summed E-state index contributed by atoms with van der Waals surface area (Å²) < 4.78 is 13.4. The number of benzene rings is 2. The Morgan fingerprint density at radius 1 is 1.10 bits per heavy atom. The predicted molar refractivity (Wildman–Crippen MR) is 84.3 cm³/mol. The van der Waals surface area contributed by atoms with Gasteiger partial charge in [-0.3, -0.25) is 0 Å². The summed E-state index contributed by atoms with van der Waals surface area (Å²) in [5.74, 6) is -0.574. The van der Waals surface area contributed by atoms with Crippen LogP contribution in [-0.2, 0) is 6.42 Å². The smallest absolute Gasteiger partial charge is 0.160 e. The van der Waals surface area contributed by atoms with Crippen molar-refractivity contribution in [1.82, 2.24) is 0 Å². The van der Waals surface area contributed by atoms with Gasteiger partial charge < -0.3 is 5.32 Å². The standard InChI is InChI=1S/C16H16Cl2FN/c1-2-12(8-11-6-4-3-5-7-11)20-13-9-14(17)16(19)15(18)10-13/h3-7,9-10,12,20H,2,8H2,1H3. The van der Waals surface area contributed by atoms with Gasteiger partial charge in [0.05, 0.1) is 10.0 Å². The Morgan fingerprint density at radius 3 is 2.25 bits per heavy atom. The van der Waals surface area contributed by atoms with Gasteiger partial charge in [-0.15, -0.1) is 0 Å². The molecule has 0 aromatic heterocycles. The third-order valence-electron chi connectivity index (χ3n) is 3.17. The first-order chi connectivity index (χ1) is 9.60. The molecule has 1 atom stereocenters. The van der Waals surface area contributed by atoms with Crippen LogP contribution >= 0.6 is 23.2 Å². The Morgan fingerprint density at radius 2 is 1.70 bits per heavy atom. The maximum absolute atomic E-state index is 13.4. The van der Waals surface area contributed by atoms with E-state index < -0.39 is 5.82 Å². The van der Waals surface area contributed by atoms with Crippen molar-refractivity contribution in [3.63, 3.8) is 0 Å². The first kappa shape index (κ1) is 15.1. The van der Waals surface area contributed by atoms with Crippen LogP contribution in [0.3, 0.4) is 0 Å². The van der Waals surface area contributed by atoms with E-state index in [1.807, 2.05) is 18.2 Å². The fourth-order valence-corrected chi connectivity index (χ4v) is 2.56. The van der Waals surface area contributed by atoms with E-state index in [1.54, 1.807) is 12.1 Å². The van der Waals surface area contributed by atoms with Crippen LogP contribution in [0, 0.1) is 5.82 Å². The molecule has 4 heteroatoms. The first-order valence-corrected chi connectivity index (χ1v) is 7.30. The van der Waals surface area contributed by atoms with Gasteiger partial charge in [-0.1, -0.05) is 60.5 Å². The molecule has 2 aromatic rings. The molecule has 1 nitrogen and oxygen atoms in total. The minimum Gasteiger partial charge on any atom is -0.382 e. The summed E-state index contributed by atoms with van der Waals surface area (Å²) in [7, 11) is 0. The van der Waals surface area contributed by atoms with Gasteiger partial charge in [0, 0.05) is 11.7 Å². The minimum atomic E-state index is -0.574. The molecule has 0 bridgehead atoms. The van der Waals surface area contributed by atoms with Gasteiger partial charge in [-0.25, -0.2) is 4.39 Å². The van der Waals surface area contributed by atoms with Gasteiger partial charge in [0.25, 0.3) is 0 Å². The third-order valence-corrected chi connectivity index (χ3v) is 3.72. The molecule has 0 heterocycles. The van der Waals surface area contributed by atoms with E-state index >= 15 is 0 Å². The summed E-state index contributed by atoms with van der Waals surface area (Å²) in [6.07, 6.45) is 1.84. The fraction of sp³-hybridized carbons (Fsp3) is 0.250. The quantitative estimate of drug-likeness (QED) is 0.712. The van der Waals surface area contributed by atoms with Gasteiger partial charge in [0.15, 0.2) is 5.82 Å². The lowest BCUT2D eigenvalue weighted by atomic mass is 10.0. The highest BCUT2D eigenvalue weighted by Gasteiger charge is 2.11. The number of nitrogens with one attached hydrogen (secondary N) is 1. The molecular formula is C16H16Cl2FN. The lowest BCUT2D eigenvalue weighted by molar-refractivity contribution is 0.628. The summed E-state index contributed by atoms with van der Waals surface area (Å²) in [5, 5.41) is 3.42. The van der Waals surface area contributed by atoms with Crippen molar-refractivity contribution >= 4 is 28.9 Å². The normalized spacial score (nSPS) is 12.2. The average molecular weight is 312 g/mol. The molecule has 1 unspecified atom stereocenters. The van der Waals surface area contributed by atoms with E-state index in [2.05, 4.69) is 24.4 Å². The van der Waals surface area contributed by atoms with Gasteiger partial charge in [-0.05, 0) is 30.5 Å². The summed E-state index contributed by atoms with van der Waals surface area (Å²) in [4.78, 5) is 0. The number of halogens is 3. The van der Waals surface area contributed by atoms with E-state index in [9.17, 15) is 4.39 Å². The zero-order valence-corrected chi connectivity index (χ0v) is 12.7. The lowest BCUT2D eigenvalue weighted by Gasteiger charge is -2.19. The highest BCUT2D eigenvalue weighted by atomic mass is 35.5. The Bertz CT molecular complexity index is 549. The minimum absolute atomic E-state index is 0.0366. The number of hydrogen-bond acceptors (Lipinski definition) is 1. The predicted octanol–water partition coefficient (Wildman–Crippen LogP) is 5.57. The molecule has 2 aromatic carbocycles. The van der Waals surface area contributed by atoms with Crippen molar-refractivity contribution in [3.05, 3.63) is 63.9 Å². The van der Waals surface area contributed by atoms with E-state index in [0.29, 0.717) is 0 Å². The van der Waals surface area contributed by atoms with Gasteiger partial charge in [-0.2, -0.15) is 0 Å². The second kappa shape index (κ2) is 6.96. The Balaban J connectivity index is 2.10. The molecule has 20 heavy (non-hydrogen) atoms. The lowest BCUT2D eigenvalue weighted by Crippen LogP contribution is -2.21. The average Bonchev–Trinajstić information content (AvgIpc) is 2.45. The van der Waals surface area contributed by atoms with Crippen molar-refractivity contribution in [3.8, 4) is 0 Å². The molecule has 0 fully saturated rings. The Labute approximate surface area is 128 Å². The molecule has 1 N–H and O–H groups in total. The molecular weight excluding hydrogens is 296 g/mol. The third kappa shape index (κ3) is 3.87. The number of rotatable bonds is 5. The van der Waals surface area contributed by atoms with Crippen LogP contribution in [0.15, 0.2) is 42.5 Å². The number of hydrogen-bond donors (Lipinski definition) is 1. The summed E-state index contributed by atoms with van der Waals surface area (Å²) in [6, 6.07) is 13.6. The maximum atomic E-state index is 13.4. The van der Waals surface area contributed by atoms with Gasteiger partial charge >= 0.3 is 0 Å². The van der Waals surface area contributed by atoms with E-state index in [4.69, 9.17) is 23.2 Å². The molecule has 0 aliphatic heterocycles. The first-order valence-electron chi connectivity index (χ1n) is 6.55. The second-order valence-electron chi connectivity index (χ2n) is 4.69. The molecule has 0 saturated heterocycles. The number of anilines is 1. The van der Waals surface area contributed by atoms with Gasteiger partial charge in [0.2, 0.25) is 0 Å². The molecule has 0 amide bonds. The highest BCUT2D eigenvalue weighted by molar-refractivity contribution is 6.35. The zero-order chi connectivity index (χ0) is 14.5. The van der Waals surface area contributed by atoms with Crippen LogP contribution in [0.2, 0.25) is 10.0 Å². The maximum Gasteiger partial charge on any atom is 0.160 e. The van der Waals surface area contributed by atoms with Crippen molar-refractivity contribution in [2.75, 3.05) is 5.32 Å². The Hall–Kier alpha value is -1.25. The van der Waals surface area contributed by atoms with E-state index in [-0.39, 0.29) is 16.1 Å². The zero-order valence-electron chi connectivity index (χ0n) is 11.2. The van der Waals surface area contributed by atoms with Crippen molar-refractivity contribution in [1.29, 1.82) is 0 Å². The summed E-state index contributed by atoms with van der Waals surface area (Å²) >= 11 is 11.6. The second-order valence-corrected chi connectivity index (χ2v) is 5.51. The SMILES string of the molecule is CCC(Cc1ccccc1)Nc1cc(Cl)c(F)c(Cl)c1. The molecule has 0 saturated carbocycles. The van der Waals surface area contributed by atoms with Crippen LogP contribution in [0.25, 0.3) is 0 Å². The van der Waals surface area contributed by atoms with E-state index in [1.165, 1.54) is 5.56 Å². The van der Waals surface area contributed by atoms with Crippen LogP contribution < -0.4 is 5.32 Å². The molecule has 106 valence electrons. The summed E-state index contributed by atoms with van der Waals surface area (Å²) in [5.41, 5.74) is 2.00. The van der Waals surface area contributed by atoms with Crippen LogP contribution in [0.4, 0.5) is 10.1 Å². The van der Waals surface area contributed by atoms with Crippen molar-refractivity contribution in [2.24, 2.45) is 0 Å². The topological polar surface area (TPSA) is 12.0 Å². The van der Waals surface area contributed by atoms with Crippen LogP contribution in [0.1, 0.15) is 18.9 Å². The molecule has 0 spiro atoms. The molecule has 0 aliphatic carbocycles. The monoisotopic (exact) mass is 311 g/mol. The van der Waals surface area contributed by atoms with Gasteiger partial charge in [0.1, 0.15) is 0 Å². The van der Waals surface area contributed by atoms with Crippen molar-refractivity contribution in [2.45, 2.75) is 25.8 Å². The van der Waals surface area contributed by atoms with Crippen molar-refractivity contribution < 1.29 is 4.39 Å². The van der Waals surface area contributed by atoms with Crippen LogP contribution in [0.5, 0.6) is 0 Å².